The van der Waals surface area contributed by atoms with E-state index in [9.17, 15) is 29.1 Å². The first kappa shape index (κ1) is 33.7. The van der Waals surface area contributed by atoms with E-state index in [1.807, 2.05) is 6.07 Å². The maximum Gasteiger partial charge on any atom is 0.243 e. The van der Waals surface area contributed by atoms with Gasteiger partial charge < -0.3 is 43.6 Å². The van der Waals surface area contributed by atoms with Crippen LogP contribution in [0.5, 0.6) is 5.75 Å². The molecule has 2 aromatic carbocycles. The SMILES string of the molecule is C[C@@H](NC(=O)[C@H](Cc1ccc(O)cc1)NC(=O)[C@@H](N)CCCCN)C(=O)NCC(=O)N[C@@H](Cc1ccccc1)C(N)=O. The van der Waals surface area contributed by atoms with Crippen molar-refractivity contribution in [2.24, 2.45) is 17.2 Å². The summed E-state index contributed by atoms with van der Waals surface area (Å²) in [6, 6.07) is 11.1. The number of carbonyl (C=O) groups is 5. The molecule has 0 fully saturated rings. The van der Waals surface area contributed by atoms with Crippen molar-refractivity contribution in [2.45, 2.75) is 63.2 Å². The fourth-order valence-electron chi connectivity index (χ4n) is 4.01. The monoisotopic (exact) mass is 583 g/mol. The number of nitrogens with one attached hydrogen (secondary N) is 4. The van der Waals surface area contributed by atoms with Crippen molar-refractivity contribution in [1.29, 1.82) is 0 Å². The van der Waals surface area contributed by atoms with Gasteiger partial charge in [0.1, 0.15) is 23.9 Å². The number of amides is 5. The second kappa shape index (κ2) is 17.4. The predicted octanol–water partition coefficient (Wildman–Crippen LogP) is -1.29. The van der Waals surface area contributed by atoms with Gasteiger partial charge in [0.05, 0.1) is 12.6 Å². The molecule has 0 aliphatic rings. The number of rotatable bonds is 17. The minimum atomic E-state index is -1.07. The van der Waals surface area contributed by atoms with Crippen LogP contribution < -0.4 is 38.5 Å². The first-order chi connectivity index (χ1) is 20.0. The van der Waals surface area contributed by atoms with Crippen LogP contribution in [-0.4, -0.2) is 71.9 Å². The average molecular weight is 584 g/mol. The van der Waals surface area contributed by atoms with E-state index in [0.29, 0.717) is 31.4 Å². The van der Waals surface area contributed by atoms with Crippen molar-refractivity contribution in [1.82, 2.24) is 21.3 Å². The summed E-state index contributed by atoms with van der Waals surface area (Å²) in [5, 5.41) is 19.7. The molecule has 0 unspecified atom stereocenters. The lowest BCUT2D eigenvalue weighted by atomic mass is 10.0. The molecule has 0 bridgehead atoms. The quantitative estimate of drug-likeness (QED) is 0.104. The molecule has 13 heteroatoms. The molecule has 0 saturated heterocycles. The lowest BCUT2D eigenvalue weighted by Gasteiger charge is -2.23. The summed E-state index contributed by atoms with van der Waals surface area (Å²) in [6.07, 6.45) is 2.00. The van der Waals surface area contributed by atoms with Crippen LogP contribution in [0.25, 0.3) is 0 Å². The Morgan fingerprint density at radius 3 is 2.02 bits per heavy atom. The van der Waals surface area contributed by atoms with Gasteiger partial charge in [-0.25, -0.2) is 0 Å². The standard InChI is InChI=1S/C29H41N7O6/c1-18(27(40)33-17-25(38)35-23(26(32)39)15-19-7-3-2-4-8-19)34-29(42)24(16-20-10-12-21(37)13-11-20)36-28(41)22(31)9-5-6-14-30/h2-4,7-8,10-13,18,22-24,37H,5-6,9,14-17,30-31H2,1H3,(H2,32,39)(H,33,40)(H,34,42)(H,35,38)(H,36,41)/t18-,22+,23+,24+/m1/s1. The lowest BCUT2D eigenvalue weighted by molar-refractivity contribution is -0.133. The summed E-state index contributed by atoms with van der Waals surface area (Å²) in [5.74, 6) is -3.15. The highest BCUT2D eigenvalue weighted by atomic mass is 16.3. The second-order valence-electron chi connectivity index (χ2n) is 9.98. The predicted molar refractivity (Wildman–Crippen MR) is 157 cm³/mol. The molecule has 11 N–H and O–H groups in total. The summed E-state index contributed by atoms with van der Waals surface area (Å²) in [7, 11) is 0. The van der Waals surface area contributed by atoms with E-state index < -0.39 is 60.2 Å². The lowest BCUT2D eigenvalue weighted by Crippen LogP contribution is -2.56. The van der Waals surface area contributed by atoms with Crippen LogP contribution >= 0.6 is 0 Å². The molecule has 0 aliphatic carbocycles. The maximum atomic E-state index is 13.1. The molecule has 0 radical (unpaired) electrons. The summed E-state index contributed by atoms with van der Waals surface area (Å²) in [6.45, 7) is 1.44. The third-order valence-corrected chi connectivity index (χ3v) is 6.45. The number of unbranched alkanes of at least 4 members (excludes halogenated alkanes) is 1. The molecular formula is C29H41N7O6. The van der Waals surface area contributed by atoms with Crippen LogP contribution in [-0.2, 0) is 36.8 Å². The topological polar surface area (TPSA) is 232 Å². The summed E-state index contributed by atoms with van der Waals surface area (Å²) < 4.78 is 0. The van der Waals surface area contributed by atoms with Crippen molar-refractivity contribution in [3.8, 4) is 5.75 Å². The summed E-state index contributed by atoms with van der Waals surface area (Å²) in [5.41, 5.74) is 18.3. The number of nitrogens with two attached hydrogens (primary N) is 3. The van der Waals surface area contributed by atoms with Gasteiger partial charge in [0.2, 0.25) is 29.5 Å². The van der Waals surface area contributed by atoms with Crippen molar-refractivity contribution in [3.63, 3.8) is 0 Å². The molecule has 0 spiro atoms. The second-order valence-corrected chi connectivity index (χ2v) is 9.98. The highest BCUT2D eigenvalue weighted by Crippen LogP contribution is 2.12. The van der Waals surface area contributed by atoms with Crippen molar-refractivity contribution >= 4 is 29.5 Å². The number of hydrogen-bond donors (Lipinski definition) is 8. The normalized spacial score (nSPS) is 13.6. The number of hydrogen-bond acceptors (Lipinski definition) is 8. The van der Waals surface area contributed by atoms with Gasteiger partial charge in [0, 0.05) is 12.8 Å². The number of phenols is 1. The van der Waals surface area contributed by atoms with Crippen molar-refractivity contribution in [2.75, 3.05) is 13.1 Å². The van der Waals surface area contributed by atoms with Gasteiger partial charge in [-0.15, -0.1) is 0 Å². The molecule has 2 aromatic rings. The van der Waals surface area contributed by atoms with Gasteiger partial charge in [-0.05, 0) is 49.6 Å². The fourth-order valence-corrected chi connectivity index (χ4v) is 4.01. The van der Waals surface area contributed by atoms with Crippen LogP contribution in [0.4, 0.5) is 0 Å². The van der Waals surface area contributed by atoms with Gasteiger partial charge in [0.25, 0.3) is 0 Å². The summed E-state index contributed by atoms with van der Waals surface area (Å²) >= 11 is 0. The van der Waals surface area contributed by atoms with E-state index in [4.69, 9.17) is 17.2 Å². The Bertz CT molecular complexity index is 1190. The van der Waals surface area contributed by atoms with Gasteiger partial charge in [-0.3, -0.25) is 24.0 Å². The Morgan fingerprint density at radius 2 is 1.40 bits per heavy atom. The Kier molecular flexibility index (Phi) is 13.9. The Labute approximate surface area is 245 Å². The molecule has 0 saturated carbocycles. The highest BCUT2D eigenvalue weighted by molar-refractivity contribution is 5.94. The molecule has 13 nitrogen and oxygen atoms in total. The van der Waals surface area contributed by atoms with Gasteiger partial charge in [-0.2, -0.15) is 0 Å². The molecule has 0 aliphatic heterocycles. The minimum Gasteiger partial charge on any atom is -0.508 e. The van der Waals surface area contributed by atoms with E-state index in [-0.39, 0.29) is 18.6 Å². The van der Waals surface area contributed by atoms with Crippen LogP contribution in [0.2, 0.25) is 0 Å². The number of aromatic hydroxyl groups is 1. The van der Waals surface area contributed by atoms with E-state index in [1.165, 1.54) is 19.1 Å². The Balaban J connectivity index is 1.96. The molecule has 0 heterocycles. The molecule has 228 valence electrons. The zero-order valence-corrected chi connectivity index (χ0v) is 23.7. The van der Waals surface area contributed by atoms with Crippen LogP contribution in [0.3, 0.4) is 0 Å². The van der Waals surface area contributed by atoms with Gasteiger partial charge in [-0.1, -0.05) is 48.9 Å². The average Bonchev–Trinajstić information content (AvgIpc) is 2.96. The summed E-state index contributed by atoms with van der Waals surface area (Å²) in [4.78, 5) is 62.7. The van der Waals surface area contributed by atoms with Crippen molar-refractivity contribution < 1.29 is 29.1 Å². The number of benzene rings is 2. The molecule has 4 atom stereocenters. The fraction of sp³-hybridized carbons (Fsp3) is 0.414. The number of primary amides is 1. The Hall–Kier alpha value is -4.49. The maximum absolute atomic E-state index is 13.1. The molecule has 0 aromatic heterocycles. The Morgan fingerprint density at radius 1 is 0.786 bits per heavy atom. The molecule has 5 amide bonds. The van der Waals surface area contributed by atoms with E-state index >= 15 is 0 Å². The first-order valence-electron chi connectivity index (χ1n) is 13.7. The third-order valence-electron chi connectivity index (χ3n) is 6.45. The van der Waals surface area contributed by atoms with E-state index in [1.54, 1.807) is 36.4 Å². The first-order valence-corrected chi connectivity index (χ1v) is 13.7. The van der Waals surface area contributed by atoms with E-state index in [2.05, 4.69) is 21.3 Å². The van der Waals surface area contributed by atoms with Crippen LogP contribution in [0.1, 0.15) is 37.3 Å². The molecular weight excluding hydrogens is 542 g/mol. The van der Waals surface area contributed by atoms with Crippen LogP contribution in [0.15, 0.2) is 54.6 Å². The molecule has 42 heavy (non-hydrogen) atoms. The third kappa shape index (κ3) is 11.9. The minimum absolute atomic E-state index is 0.0438. The smallest absolute Gasteiger partial charge is 0.243 e. The van der Waals surface area contributed by atoms with Crippen molar-refractivity contribution in [3.05, 3.63) is 65.7 Å². The number of phenolic OH excluding ortho intramolecular Hbond substituents is 1. The van der Waals surface area contributed by atoms with E-state index in [0.717, 1.165) is 5.56 Å². The highest BCUT2D eigenvalue weighted by Gasteiger charge is 2.27. The zero-order chi connectivity index (χ0) is 31.1. The largest absolute Gasteiger partial charge is 0.508 e. The van der Waals surface area contributed by atoms with Gasteiger partial charge >= 0.3 is 0 Å². The van der Waals surface area contributed by atoms with Gasteiger partial charge in [0.15, 0.2) is 0 Å². The van der Waals surface area contributed by atoms with Crippen LogP contribution in [0, 0.1) is 0 Å². The number of carbonyl (C=O) groups excluding carboxylic acids is 5. The zero-order valence-electron chi connectivity index (χ0n) is 23.7. The molecule has 2 rings (SSSR count).